The Bertz CT molecular complexity index is 3440. The third kappa shape index (κ3) is 5.88. The molecule has 290 valence electrons. The van der Waals surface area contributed by atoms with Crippen molar-refractivity contribution >= 4 is 43.6 Å². The van der Waals surface area contributed by atoms with Gasteiger partial charge in [0.1, 0.15) is 5.69 Å². The van der Waals surface area contributed by atoms with Crippen LogP contribution in [0.2, 0.25) is 0 Å². The van der Waals surface area contributed by atoms with E-state index in [-0.39, 0.29) is 0 Å². The van der Waals surface area contributed by atoms with Gasteiger partial charge >= 0.3 is 0 Å². The van der Waals surface area contributed by atoms with Gasteiger partial charge in [0.15, 0.2) is 17.5 Å². The van der Waals surface area contributed by atoms with Gasteiger partial charge in [-0.3, -0.25) is 4.98 Å². The molecule has 0 aliphatic carbocycles. The molecule has 0 bridgehead atoms. The molecule has 4 aromatic heterocycles. The van der Waals surface area contributed by atoms with Crippen molar-refractivity contribution in [2.75, 3.05) is 0 Å². The Labute approximate surface area is 357 Å². The maximum Gasteiger partial charge on any atom is 0.182 e. The number of fused-ring (bicyclic) bond motifs is 6. The first-order valence-electron chi connectivity index (χ1n) is 20.8. The Hall–Kier alpha value is -8.48. The SMILES string of the molecule is c1ccc(-c2nc(-c3cc(-c4ccccc4)c(-n4c5ccccc5c5cc(-n6c7ccccc7c7ccccc76)ccc54)c(-c4ccccc4)c3)nc(-c3ccccn3)n2)cc1. The van der Waals surface area contributed by atoms with Crippen LogP contribution >= 0.6 is 0 Å². The number of pyridine rings is 1. The summed E-state index contributed by atoms with van der Waals surface area (Å²) in [5.74, 6) is 1.67. The highest BCUT2D eigenvalue weighted by Crippen LogP contribution is 2.44. The molecular weight excluding hydrogens is 757 g/mol. The van der Waals surface area contributed by atoms with Crippen LogP contribution in [0.1, 0.15) is 0 Å². The van der Waals surface area contributed by atoms with Gasteiger partial charge in [-0.15, -0.1) is 0 Å². The van der Waals surface area contributed by atoms with Crippen molar-refractivity contribution in [2.45, 2.75) is 0 Å². The molecule has 0 saturated heterocycles. The number of nitrogens with zero attached hydrogens (tertiary/aromatic N) is 6. The van der Waals surface area contributed by atoms with Gasteiger partial charge in [-0.2, -0.15) is 0 Å². The minimum Gasteiger partial charge on any atom is -0.309 e. The van der Waals surface area contributed by atoms with Crippen LogP contribution in [-0.4, -0.2) is 29.1 Å². The lowest BCUT2D eigenvalue weighted by atomic mass is 9.92. The third-order valence-corrected chi connectivity index (χ3v) is 11.8. The first-order chi connectivity index (χ1) is 30.8. The van der Waals surface area contributed by atoms with Gasteiger partial charge in [-0.05, 0) is 71.8 Å². The minimum absolute atomic E-state index is 0.516. The van der Waals surface area contributed by atoms with Gasteiger partial charge in [0.2, 0.25) is 0 Å². The summed E-state index contributed by atoms with van der Waals surface area (Å²) in [4.78, 5) is 19.9. The van der Waals surface area contributed by atoms with Gasteiger partial charge in [0, 0.05) is 55.7 Å². The van der Waals surface area contributed by atoms with Crippen molar-refractivity contribution in [1.29, 1.82) is 0 Å². The molecule has 8 aromatic carbocycles. The van der Waals surface area contributed by atoms with Crippen molar-refractivity contribution in [1.82, 2.24) is 29.1 Å². The zero-order valence-electron chi connectivity index (χ0n) is 33.5. The number of benzene rings is 8. The van der Waals surface area contributed by atoms with E-state index in [1.54, 1.807) is 6.20 Å². The van der Waals surface area contributed by atoms with Gasteiger partial charge in [-0.25, -0.2) is 15.0 Å². The zero-order chi connectivity index (χ0) is 41.0. The fraction of sp³-hybridized carbons (Fsp3) is 0. The van der Waals surface area contributed by atoms with Crippen molar-refractivity contribution in [3.8, 4) is 67.9 Å². The normalized spacial score (nSPS) is 11.5. The summed E-state index contributed by atoms with van der Waals surface area (Å²) >= 11 is 0. The van der Waals surface area contributed by atoms with Gasteiger partial charge in [0.05, 0.1) is 27.8 Å². The molecule has 0 spiro atoms. The summed E-state index contributed by atoms with van der Waals surface area (Å²) in [6.07, 6.45) is 1.77. The molecule has 0 unspecified atom stereocenters. The molecule has 6 heteroatoms. The minimum atomic E-state index is 0.516. The number of para-hydroxylation sites is 3. The Morgan fingerprint density at radius 1 is 0.306 bits per heavy atom. The molecule has 0 radical (unpaired) electrons. The topological polar surface area (TPSA) is 61.4 Å². The van der Waals surface area contributed by atoms with Crippen molar-refractivity contribution in [2.24, 2.45) is 0 Å². The number of aromatic nitrogens is 6. The highest BCUT2D eigenvalue weighted by Gasteiger charge is 2.24. The quantitative estimate of drug-likeness (QED) is 0.161. The lowest BCUT2D eigenvalue weighted by molar-refractivity contribution is 1.06. The fourth-order valence-corrected chi connectivity index (χ4v) is 9.05. The summed E-state index contributed by atoms with van der Waals surface area (Å²) in [5, 5.41) is 4.84. The predicted molar refractivity (Wildman–Crippen MR) is 253 cm³/mol. The molecule has 0 atom stereocenters. The average Bonchev–Trinajstić information content (AvgIpc) is 3.87. The number of hydrogen-bond donors (Lipinski definition) is 0. The Kier molecular flexibility index (Phi) is 8.38. The van der Waals surface area contributed by atoms with Crippen molar-refractivity contribution in [3.63, 3.8) is 0 Å². The van der Waals surface area contributed by atoms with Crippen LogP contribution in [0.3, 0.4) is 0 Å². The van der Waals surface area contributed by atoms with Crippen LogP contribution in [0.4, 0.5) is 0 Å². The lowest BCUT2D eigenvalue weighted by Crippen LogP contribution is -2.04. The van der Waals surface area contributed by atoms with Crippen LogP contribution in [-0.2, 0) is 0 Å². The Balaban J connectivity index is 1.16. The second-order valence-electron chi connectivity index (χ2n) is 15.5. The standard InChI is InChI=1S/C56H36N6/c1-4-18-37(19-5-1)45-34-40(55-58-54(39-22-8-3-9-23-39)59-56(60-55)48-27-16-17-33-57-48)35-46(38-20-6-2-7-21-38)53(45)62-51-30-15-12-26-44(51)47-36-41(31-32-52(47)62)61-49-28-13-10-24-42(49)43-25-11-14-29-50(43)61/h1-36H. The molecule has 0 aliphatic heterocycles. The van der Waals surface area contributed by atoms with Gasteiger partial charge in [0.25, 0.3) is 0 Å². The highest BCUT2D eigenvalue weighted by molar-refractivity contribution is 6.13. The molecule has 0 fully saturated rings. The van der Waals surface area contributed by atoms with E-state index in [1.807, 2.05) is 48.5 Å². The van der Waals surface area contributed by atoms with E-state index in [9.17, 15) is 0 Å². The largest absolute Gasteiger partial charge is 0.309 e. The first kappa shape index (κ1) is 35.5. The van der Waals surface area contributed by atoms with E-state index in [0.717, 1.165) is 55.8 Å². The van der Waals surface area contributed by atoms with Crippen molar-refractivity contribution < 1.29 is 0 Å². The summed E-state index contributed by atoms with van der Waals surface area (Å²) in [5.41, 5.74) is 13.5. The molecule has 12 rings (SSSR count). The fourth-order valence-electron chi connectivity index (χ4n) is 9.05. The van der Waals surface area contributed by atoms with Crippen LogP contribution in [0, 0.1) is 0 Å². The van der Waals surface area contributed by atoms with E-state index in [1.165, 1.54) is 32.6 Å². The smallest absolute Gasteiger partial charge is 0.182 e. The molecule has 12 aromatic rings. The van der Waals surface area contributed by atoms with Crippen LogP contribution in [0.5, 0.6) is 0 Å². The van der Waals surface area contributed by atoms with Crippen molar-refractivity contribution in [3.05, 3.63) is 219 Å². The Morgan fingerprint density at radius 3 is 1.32 bits per heavy atom. The Morgan fingerprint density at radius 2 is 0.758 bits per heavy atom. The van der Waals surface area contributed by atoms with Crippen LogP contribution in [0.15, 0.2) is 219 Å². The summed E-state index contributed by atoms with van der Waals surface area (Å²) < 4.78 is 4.85. The molecule has 0 N–H and O–H groups in total. The first-order valence-corrected chi connectivity index (χ1v) is 20.8. The van der Waals surface area contributed by atoms with Gasteiger partial charge in [-0.1, -0.05) is 152 Å². The average molecular weight is 793 g/mol. The summed E-state index contributed by atoms with van der Waals surface area (Å²) in [6, 6.07) is 74.8. The van der Waals surface area contributed by atoms with E-state index < -0.39 is 0 Å². The second-order valence-corrected chi connectivity index (χ2v) is 15.5. The number of hydrogen-bond acceptors (Lipinski definition) is 4. The summed E-state index contributed by atoms with van der Waals surface area (Å²) in [6.45, 7) is 0. The molecule has 6 nitrogen and oxygen atoms in total. The maximum atomic E-state index is 5.18. The third-order valence-electron chi connectivity index (χ3n) is 11.8. The lowest BCUT2D eigenvalue weighted by Gasteiger charge is -2.21. The molecule has 0 aliphatic rings. The zero-order valence-corrected chi connectivity index (χ0v) is 33.5. The van der Waals surface area contributed by atoms with Crippen LogP contribution in [0.25, 0.3) is 112 Å². The maximum absolute atomic E-state index is 5.18. The van der Waals surface area contributed by atoms with E-state index in [0.29, 0.717) is 23.2 Å². The molecular formula is C56H36N6. The number of rotatable bonds is 7. The second kappa shape index (κ2) is 14.7. The highest BCUT2D eigenvalue weighted by atomic mass is 15.1. The predicted octanol–water partition coefficient (Wildman–Crippen LogP) is 13.8. The monoisotopic (exact) mass is 792 g/mol. The molecule has 0 saturated carbocycles. The molecule has 4 heterocycles. The van der Waals surface area contributed by atoms with E-state index in [2.05, 4.69) is 178 Å². The van der Waals surface area contributed by atoms with Crippen LogP contribution < -0.4 is 0 Å². The molecule has 62 heavy (non-hydrogen) atoms. The van der Waals surface area contributed by atoms with E-state index >= 15 is 0 Å². The van der Waals surface area contributed by atoms with Gasteiger partial charge < -0.3 is 9.13 Å². The van der Waals surface area contributed by atoms with E-state index in [4.69, 9.17) is 15.0 Å². The summed E-state index contributed by atoms with van der Waals surface area (Å²) in [7, 11) is 0. The molecule has 0 amide bonds.